The number of nitro benzene ring substituents is 1. The normalized spacial score (nSPS) is 11.0. The van der Waals surface area contributed by atoms with Crippen molar-refractivity contribution in [3.05, 3.63) is 50.8 Å². The van der Waals surface area contributed by atoms with Crippen LogP contribution in [0.1, 0.15) is 35.0 Å². The van der Waals surface area contributed by atoms with E-state index in [1.54, 1.807) is 19.1 Å². The van der Waals surface area contributed by atoms with E-state index in [1.165, 1.54) is 28.2 Å². The molecular weight excluding hydrogens is 370 g/mol. The van der Waals surface area contributed by atoms with Crippen molar-refractivity contribution in [2.24, 2.45) is 5.92 Å². The topological polar surface area (TPSA) is 129 Å². The summed E-state index contributed by atoms with van der Waals surface area (Å²) in [6.07, 6.45) is 0.787. The van der Waals surface area contributed by atoms with Crippen LogP contribution < -0.4 is 5.32 Å². The summed E-state index contributed by atoms with van der Waals surface area (Å²) in [5.74, 6) is -0.0185. The molecule has 10 nitrogen and oxygen atoms in total. The number of hydrogen-bond donors (Lipinski definition) is 1. The van der Waals surface area contributed by atoms with Gasteiger partial charge < -0.3 is 0 Å². The average molecular weight is 387 g/mol. The summed E-state index contributed by atoms with van der Waals surface area (Å²) >= 11 is 1.31. The van der Waals surface area contributed by atoms with E-state index in [0.717, 1.165) is 11.4 Å². The Kier molecular flexibility index (Phi) is 5.21. The van der Waals surface area contributed by atoms with E-state index in [9.17, 15) is 14.9 Å². The standard InChI is InChI=1S/C16H17N7O3S/c1-9(2)7-13-18-20-16(27-13)17-15(24)14-10(3)22(21-19-14)11-5-4-6-12(8-11)23(25)26/h4-6,8-9H,7H2,1-3H3,(H,17,20,24). The molecule has 11 heteroatoms. The molecule has 0 saturated carbocycles. The lowest BCUT2D eigenvalue weighted by atomic mass is 10.1. The fraction of sp³-hybridized carbons (Fsp3) is 0.312. The van der Waals surface area contributed by atoms with Crippen LogP contribution >= 0.6 is 11.3 Å². The lowest BCUT2D eigenvalue weighted by molar-refractivity contribution is -0.384. The first-order valence-corrected chi connectivity index (χ1v) is 8.97. The molecule has 3 rings (SSSR count). The fourth-order valence-corrected chi connectivity index (χ4v) is 3.36. The molecular formula is C16H17N7O3S. The summed E-state index contributed by atoms with van der Waals surface area (Å²) < 4.78 is 1.38. The van der Waals surface area contributed by atoms with Gasteiger partial charge in [0.25, 0.3) is 11.6 Å². The van der Waals surface area contributed by atoms with Crippen molar-refractivity contribution in [2.75, 3.05) is 5.32 Å². The van der Waals surface area contributed by atoms with Gasteiger partial charge in [-0.1, -0.05) is 36.5 Å². The van der Waals surface area contributed by atoms with Crippen molar-refractivity contribution in [2.45, 2.75) is 27.2 Å². The molecule has 0 bridgehead atoms. The third kappa shape index (κ3) is 4.14. The minimum Gasteiger partial charge on any atom is -0.295 e. The number of amides is 1. The molecule has 0 aliphatic carbocycles. The Bertz CT molecular complexity index is 996. The second-order valence-corrected chi connectivity index (χ2v) is 7.33. The van der Waals surface area contributed by atoms with Crippen molar-refractivity contribution in [1.82, 2.24) is 25.2 Å². The molecule has 3 aromatic rings. The van der Waals surface area contributed by atoms with Crippen molar-refractivity contribution in [3.63, 3.8) is 0 Å². The number of benzene rings is 1. The van der Waals surface area contributed by atoms with Crippen molar-refractivity contribution < 1.29 is 9.72 Å². The summed E-state index contributed by atoms with van der Waals surface area (Å²) in [6.45, 7) is 5.82. The molecule has 140 valence electrons. The largest absolute Gasteiger partial charge is 0.295 e. The molecule has 0 spiro atoms. The molecule has 1 amide bonds. The first-order valence-electron chi connectivity index (χ1n) is 8.16. The number of rotatable bonds is 6. The Labute approximate surface area is 158 Å². The lowest BCUT2D eigenvalue weighted by Crippen LogP contribution is -2.14. The van der Waals surface area contributed by atoms with Gasteiger partial charge in [-0.2, -0.15) is 0 Å². The minimum atomic E-state index is -0.492. The fourth-order valence-electron chi connectivity index (χ4n) is 2.41. The quantitative estimate of drug-likeness (QED) is 0.508. The van der Waals surface area contributed by atoms with Crippen molar-refractivity contribution in [1.29, 1.82) is 0 Å². The molecule has 0 unspecified atom stereocenters. The van der Waals surface area contributed by atoms with Crippen molar-refractivity contribution in [3.8, 4) is 5.69 Å². The number of aromatic nitrogens is 5. The number of carbonyl (C=O) groups excluding carboxylic acids is 1. The van der Waals surface area contributed by atoms with Gasteiger partial charge in [-0.25, -0.2) is 4.68 Å². The van der Waals surface area contributed by atoms with Gasteiger partial charge in [-0.15, -0.1) is 15.3 Å². The molecule has 0 saturated heterocycles. The van der Waals surface area contributed by atoms with Crippen LogP contribution in [0.5, 0.6) is 0 Å². The highest BCUT2D eigenvalue weighted by Crippen LogP contribution is 2.21. The van der Waals surface area contributed by atoms with Crippen LogP contribution in [0.3, 0.4) is 0 Å². The van der Waals surface area contributed by atoms with Crippen LogP contribution in [0.2, 0.25) is 0 Å². The molecule has 0 fully saturated rings. The maximum Gasteiger partial charge on any atom is 0.279 e. The monoisotopic (exact) mass is 387 g/mol. The highest BCUT2D eigenvalue weighted by molar-refractivity contribution is 7.15. The number of hydrogen-bond acceptors (Lipinski definition) is 8. The minimum absolute atomic E-state index is 0.0695. The molecule has 2 aromatic heterocycles. The molecule has 0 radical (unpaired) electrons. The number of nitrogens with one attached hydrogen (secondary N) is 1. The van der Waals surface area contributed by atoms with E-state index in [0.29, 0.717) is 22.4 Å². The highest BCUT2D eigenvalue weighted by atomic mass is 32.1. The van der Waals surface area contributed by atoms with E-state index in [4.69, 9.17) is 0 Å². The molecule has 1 aromatic carbocycles. The van der Waals surface area contributed by atoms with E-state index in [-0.39, 0.29) is 11.4 Å². The van der Waals surface area contributed by atoms with Gasteiger partial charge in [0.05, 0.1) is 16.3 Å². The van der Waals surface area contributed by atoms with Gasteiger partial charge >= 0.3 is 0 Å². The lowest BCUT2D eigenvalue weighted by Gasteiger charge is -2.03. The zero-order valence-electron chi connectivity index (χ0n) is 14.9. The van der Waals surface area contributed by atoms with Crippen molar-refractivity contribution >= 4 is 28.1 Å². The zero-order valence-corrected chi connectivity index (χ0v) is 15.7. The Balaban J connectivity index is 1.80. The average Bonchev–Trinajstić information content (AvgIpc) is 3.20. The molecule has 1 N–H and O–H groups in total. The highest BCUT2D eigenvalue weighted by Gasteiger charge is 2.20. The van der Waals surface area contributed by atoms with Gasteiger partial charge in [0.15, 0.2) is 5.69 Å². The van der Waals surface area contributed by atoms with E-state index in [2.05, 4.69) is 39.7 Å². The van der Waals surface area contributed by atoms with Crippen LogP contribution in [0.4, 0.5) is 10.8 Å². The summed E-state index contributed by atoms with van der Waals surface area (Å²) in [4.78, 5) is 22.9. The molecule has 0 aliphatic rings. The van der Waals surface area contributed by atoms with Gasteiger partial charge in [0.2, 0.25) is 5.13 Å². The first-order chi connectivity index (χ1) is 12.8. The SMILES string of the molecule is Cc1c(C(=O)Nc2nnc(CC(C)C)s2)nnn1-c1cccc([N+](=O)[O-])c1. The van der Waals surface area contributed by atoms with Gasteiger partial charge in [-0.05, 0) is 18.9 Å². The Morgan fingerprint density at radius 1 is 1.33 bits per heavy atom. The zero-order chi connectivity index (χ0) is 19.6. The number of non-ortho nitro benzene ring substituents is 1. The smallest absolute Gasteiger partial charge is 0.279 e. The number of nitro groups is 1. The van der Waals surface area contributed by atoms with Crippen LogP contribution in [0.15, 0.2) is 24.3 Å². The van der Waals surface area contributed by atoms with Crippen LogP contribution in [-0.4, -0.2) is 36.0 Å². The van der Waals surface area contributed by atoms with E-state index >= 15 is 0 Å². The number of anilines is 1. The van der Waals surface area contributed by atoms with Crippen LogP contribution in [0.25, 0.3) is 5.69 Å². The summed E-state index contributed by atoms with van der Waals surface area (Å²) in [7, 11) is 0. The second kappa shape index (κ2) is 7.58. The predicted octanol–water partition coefficient (Wildman–Crippen LogP) is 2.79. The van der Waals surface area contributed by atoms with Gasteiger partial charge in [0, 0.05) is 18.6 Å². The third-order valence-corrected chi connectivity index (χ3v) is 4.53. The van der Waals surface area contributed by atoms with Gasteiger partial charge in [-0.3, -0.25) is 20.2 Å². The summed E-state index contributed by atoms with van der Waals surface area (Å²) in [6, 6.07) is 5.95. The Hall–Kier alpha value is -3.21. The summed E-state index contributed by atoms with van der Waals surface area (Å²) in [5, 5.41) is 30.7. The molecule has 0 atom stereocenters. The predicted molar refractivity (Wildman–Crippen MR) is 99.2 cm³/mol. The maximum atomic E-state index is 12.5. The molecule has 2 heterocycles. The van der Waals surface area contributed by atoms with Gasteiger partial charge in [0.1, 0.15) is 5.01 Å². The number of nitrogens with zero attached hydrogens (tertiary/aromatic N) is 6. The number of carbonyl (C=O) groups is 1. The third-order valence-electron chi connectivity index (χ3n) is 3.66. The molecule has 27 heavy (non-hydrogen) atoms. The van der Waals surface area contributed by atoms with Crippen LogP contribution in [-0.2, 0) is 6.42 Å². The van der Waals surface area contributed by atoms with E-state index in [1.807, 2.05) is 0 Å². The first kappa shape index (κ1) is 18.6. The summed E-state index contributed by atoms with van der Waals surface area (Å²) in [5.41, 5.74) is 0.949. The van der Waals surface area contributed by atoms with Crippen LogP contribution in [0, 0.1) is 23.0 Å². The maximum absolute atomic E-state index is 12.5. The second-order valence-electron chi connectivity index (χ2n) is 6.27. The van der Waals surface area contributed by atoms with E-state index < -0.39 is 10.8 Å². The molecule has 0 aliphatic heterocycles. The Morgan fingerprint density at radius 3 is 2.81 bits per heavy atom. The Morgan fingerprint density at radius 2 is 2.11 bits per heavy atom.